The van der Waals surface area contributed by atoms with Crippen LogP contribution < -0.4 is 10.3 Å². The monoisotopic (exact) mass is 577 g/mol. The first-order chi connectivity index (χ1) is 16.0. The van der Waals surface area contributed by atoms with E-state index in [0.717, 1.165) is 11.3 Å². The second-order valence-electron chi connectivity index (χ2n) is 6.95. The first kappa shape index (κ1) is 29.8. The Kier molecular flexibility index (Phi) is 9.98. The standard InChI is InChI=1S/C15H23N4O12P3S/c1-9-13(4-6-30-34(27,28)31-33(24,25)26)35-15(12(20)3-5-29-32(21,22)23)19(9)8-11-7-17-10(2)18-14(11)16/h7H,3-6,8H2,1-2H3,(H6-,16,17,18,21,22,23,24,25,26,27,28)/p+1. The maximum absolute atomic E-state index is 12.8. The van der Waals surface area contributed by atoms with E-state index in [1.165, 1.54) is 6.20 Å². The number of phosphoric ester groups is 2. The van der Waals surface area contributed by atoms with Crippen LogP contribution in [0.3, 0.4) is 0 Å². The van der Waals surface area contributed by atoms with Crippen LogP contribution in [0.1, 0.15) is 38.2 Å². The number of anilines is 1. The van der Waals surface area contributed by atoms with Gasteiger partial charge in [0.05, 0.1) is 23.7 Å². The molecule has 2 aromatic rings. The molecule has 0 radical (unpaired) electrons. The lowest BCUT2D eigenvalue weighted by molar-refractivity contribution is -0.691. The lowest BCUT2D eigenvalue weighted by Crippen LogP contribution is -2.41. The summed E-state index contributed by atoms with van der Waals surface area (Å²) in [7, 11) is -15.1. The highest BCUT2D eigenvalue weighted by Gasteiger charge is 2.33. The van der Waals surface area contributed by atoms with Crippen molar-refractivity contribution >= 4 is 46.4 Å². The summed E-state index contributed by atoms with van der Waals surface area (Å²) in [5.41, 5.74) is 6.96. The highest BCUT2D eigenvalue weighted by molar-refractivity contribution is 7.60. The molecular weight excluding hydrogens is 553 g/mol. The minimum Gasteiger partial charge on any atom is -0.383 e. The Morgan fingerprint density at radius 2 is 1.74 bits per heavy atom. The molecule has 35 heavy (non-hydrogen) atoms. The van der Waals surface area contributed by atoms with Crippen LogP contribution in [0.2, 0.25) is 0 Å². The summed E-state index contributed by atoms with van der Waals surface area (Å²) in [6.07, 6.45) is 1.08. The van der Waals surface area contributed by atoms with Gasteiger partial charge in [-0.25, -0.2) is 23.7 Å². The van der Waals surface area contributed by atoms with Crippen molar-refractivity contribution in [1.29, 1.82) is 0 Å². The number of nitrogens with zero attached hydrogens (tertiary/aromatic N) is 3. The van der Waals surface area contributed by atoms with Gasteiger partial charge in [0.25, 0.3) is 0 Å². The van der Waals surface area contributed by atoms with Gasteiger partial charge in [-0.05, 0) is 6.92 Å². The van der Waals surface area contributed by atoms with Crippen molar-refractivity contribution in [3.63, 3.8) is 0 Å². The maximum atomic E-state index is 12.8. The van der Waals surface area contributed by atoms with Crippen LogP contribution in [-0.4, -0.2) is 53.4 Å². The fraction of sp³-hybridized carbons (Fsp3) is 0.467. The predicted molar refractivity (Wildman–Crippen MR) is 119 cm³/mol. The normalized spacial score (nSPS) is 14.1. The second-order valence-corrected chi connectivity index (χ2v) is 12.1. The Bertz CT molecular complexity index is 1230. The first-order valence-corrected chi connectivity index (χ1v) is 14.9. The van der Waals surface area contributed by atoms with Crippen molar-refractivity contribution in [2.75, 3.05) is 18.9 Å². The third kappa shape index (κ3) is 9.84. The van der Waals surface area contributed by atoms with Crippen LogP contribution in [0.4, 0.5) is 5.82 Å². The maximum Gasteiger partial charge on any atom is 0.481 e. The van der Waals surface area contributed by atoms with Crippen molar-refractivity contribution in [2.24, 2.45) is 0 Å². The molecule has 0 aromatic carbocycles. The largest absolute Gasteiger partial charge is 0.481 e. The van der Waals surface area contributed by atoms with Crippen LogP contribution in [0.15, 0.2) is 6.20 Å². The number of hydrogen-bond acceptors (Lipinski definition) is 11. The van der Waals surface area contributed by atoms with E-state index in [1.54, 1.807) is 18.4 Å². The van der Waals surface area contributed by atoms with Crippen molar-refractivity contribution in [3.8, 4) is 0 Å². The molecule has 0 amide bonds. The lowest BCUT2D eigenvalue weighted by atomic mass is 10.2. The van der Waals surface area contributed by atoms with Gasteiger partial charge in [-0.1, -0.05) is 11.3 Å². The number of aromatic nitrogens is 3. The fourth-order valence-corrected chi connectivity index (χ4v) is 5.88. The van der Waals surface area contributed by atoms with E-state index in [9.17, 15) is 23.4 Å². The molecule has 2 heterocycles. The third-order valence-corrected chi connectivity index (χ3v) is 8.33. The molecule has 0 aliphatic rings. The van der Waals surface area contributed by atoms with E-state index in [4.69, 9.17) is 25.3 Å². The summed E-state index contributed by atoms with van der Waals surface area (Å²) in [5, 5.41) is 0.158. The van der Waals surface area contributed by atoms with Gasteiger partial charge in [-0.3, -0.25) is 13.8 Å². The highest BCUT2D eigenvalue weighted by Crippen LogP contribution is 2.57. The van der Waals surface area contributed by atoms with E-state index in [0.29, 0.717) is 22.0 Å². The van der Waals surface area contributed by atoms with Crippen molar-refractivity contribution in [1.82, 2.24) is 9.97 Å². The number of nitrogen functional groups attached to an aromatic ring is 1. The van der Waals surface area contributed by atoms with Crippen molar-refractivity contribution in [3.05, 3.63) is 33.2 Å². The Balaban J connectivity index is 2.28. The van der Waals surface area contributed by atoms with Crippen LogP contribution in [-0.2, 0) is 40.0 Å². The minimum absolute atomic E-state index is 0.0439. The van der Waals surface area contributed by atoms with E-state index >= 15 is 0 Å². The number of nitrogens with two attached hydrogens (primary N) is 1. The summed E-state index contributed by atoms with van der Waals surface area (Å²) in [6.45, 7) is 2.33. The number of hydrogen-bond donors (Lipinski definition) is 6. The molecule has 2 aromatic heterocycles. The molecule has 2 rings (SSSR count). The Hall–Kier alpha value is -1.45. The summed E-state index contributed by atoms with van der Waals surface area (Å²) in [5.74, 6) is 0.107. The summed E-state index contributed by atoms with van der Waals surface area (Å²) in [4.78, 5) is 65.9. The quantitative estimate of drug-likeness (QED) is 0.108. The summed E-state index contributed by atoms with van der Waals surface area (Å²) in [6, 6.07) is 0. The molecule has 0 spiro atoms. The number of carbonyl (C=O) groups is 1. The molecule has 20 heteroatoms. The average Bonchev–Trinajstić information content (AvgIpc) is 2.97. The van der Waals surface area contributed by atoms with Crippen molar-refractivity contribution in [2.45, 2.75) is 33.2 Å². The molecule has 16 nitrogen and oxygen atoms in total. The molecule has 0 aliphatic carbocycles. The van der Waals surface area contributed by atoms with Crippen LogP contribution in [0.25, 0.3) is 0 Å². The SMILES string of the molecule is Cc1ncc(C[n+]2c(C(=O)CCOP(=O)(O)O)sc(CCOP(=O)(O)OP(=O)(O)O)c2C)c(N)n1. The van der Waals surface area contributed by atoms with Gasteiger partial charge >= 0.3 is 28.5 Å². The Labute approximate surface area is 202 Å². The van der Waals surface area contributed by atoms with E-state index < -0.39 is 42.5 Å². The van der Waals surface area contributed by atoms with Gasteiger partial charge in [0.15, 0.2) is 12.2 Å². The number of ketones is 1. The van der Waals surface area contributed by atoms with Crippen LogP contribution >= 0.6 is 34.8 Å². The highest BCUT2D eigenvalue weighted by atomic mass is 32.1. The molecule has 0 aliphatic heterocycles. The van der Waals surface area contributed by atoms with E-state index in [1.807, 2.05) is 0 Å². The summed E-state index contributed by atoms with van der Waals surface area (Å²) < 4.78 is 47.5. The zero-order valence-electron chi connectivity index (χ0n) is 18.4. The van der Waals surface area contributed by atoms with Gasteiger partial charge in [0, 0.05) is 26.0 Å². The Morgan fingerprint density at radius 3 is 2.31 bits per heavy atom. The number of carbonyl (C=O) groups excluding carboxylic acids is 1. The molecule has 0 fully saturated rings. The topological polar surface area (TPSA) is 253 Å². The number of Topliss-reactive ketones (excluding diaryl/α,β-unsaturated/α-hetero) is 1. The zero-order valence-corrected chi connectivity index (χ0v) is 21.9. The zero-order chi connectivity index (χ0) is 26.6. The number of thiazole rings is 1. The van der Waals surface area contributed by atoms with Crippen molar-refractivity contribution < 1.29 is 60.9 Å². The van der Waals surface area contributed by atoms with Gasteiger partial charge in [-0.2, -0.15) is 8.88 Å². The molecule has 7 N–H and O–H groups in total. The molecule has 1 unspecified atom stereocenters. The second kappa shape index (κ2) is 11.7. The van der Waals surface area contributed by atoms with Crippen LogP contribution in [0.5, 0.6) is 0 Å². The number of aryl methyl sites for hydroxylation is 1. The molecule has 1 atom stereocenters. The molecular formula is C15H24N4O12P3S+. The number of rotatable bonds is 13. The smallest absolute Gasteiger partial charge is 0.383 e. The number of phosphoric acid groups is 3. The summed E-state index contributed by atoms with van der Waals surface area (Å²) >= 11 is 0.981. The molecule has 0 saturated heterocycles. The van der Waals surface area contributed by atoms with Gasteiger partial charge in [0.1, 0.15) is 11.6 Å². The Morgan fingerprint density at radius 1 is 1.09 bits per heavy atom. The van der Waals surface area contributed by atoms with E-state index in [2.05, 4.69) is 23.3 Å². The molecule has 0 saturated carbocycles. The first-order valence-electron chi connectivity index (χ1n) is 9.55. The fourth-order valence-electron chi connectivity index (χ4n) is 2.76. The average molecular weight is 577 g/mol. The molecule has 0 bridgehead atoms. The minimum atomic E-state index is -5.27. The van der Waals surface area contributed by atoms with Gasteiger partial charge < -0.3 is 30.2 Å². The third-order valence-electron chi connectivity index (χ3n) is 4.24. The lowest BCUT2D eigenvalue weighted by Gasteiger charge is -2.11. The van der Waals surface area contributed by atoms with Gasteiger partial charge in [-0.15, -0.1) is 0 Å². The predicted octanol–water partition coefficient (Wildman–Crippen LogP) is 0.524. The molecule has 196 valence electrons. The van der Waals surface area contributed by atoms with Gasteiger partial charge in [0.2, 0.25) is 5.78 Å². The van der Waals surface area contributed by atoms with E-state index in [-0.39, 0.29) is 30.2 Å². The van der Waals surface area contributed by atoms with Crippen LogP contribution in [0, 0.1) is 13.8 Å².